The second-order valence-electron chi connectivity index (χ2n) is 3.02. The first-order chi connectivity index (χ1) is 7.83. The molecule has 0 saturated heterocycles. The van der Waals surface area contributed by atoms with Gasteiger partial charge in [0.25, 0.3) is 0 Å². The summed E-state index contributed by atoms with van der Waals surface area (Å²) < 4.78 is 4.71. The maximum absolute atomic E-state index is 11.4. The van der Waals surface area contributed by atoms with Crippen molar-refractivity contribution in [3.8, 4) is 0 Å². The van der Waals surface area contributed by atoms with Gasteiger partial charge >= 0.3 is 5.97 Å². The molecule has 0 fully saturated rings. The SMILES string of the molecule is CC.COC(=O)c1cccc2ccccc12. The molecule has 84 valence electrons. The second kappa shape index (κ2) is 5.91. The minimum Gasteiger partial charge on any atom is -0.465 e. The smallest absolute Gasteiger partial charge is 0.338 e. The van der Waals surface area contributed by atoms with E-state index in [0.29, 0.717) is 5.56 Å². The predicted molar refractivity (Wildman–Crippen MR) is 66.6 cm³/mol. The summed E-state index contributed by atoms with van der Waals surface area (Å²) in [6, 6.07) is 13.4. The van der Waals surface area contributed by atoms with Gasteiger partial charge in [-0.1, -0.05) is 50.2 Å². The lowest BCUT2D eigenvalue weighted by atomic mass is 10.1. The lowest BCUT2D eigenvalue weighted by molar-refractivity contribution is 0.0603. The average Bonchev–Trinajstić information content (AvgIpc) is 2.39. The summed E-state index contributed by atoms with van der Waals surface area (Å²) in [6.07, 6.45) is 0. The predicted octanol–water partition coefficient (Wildman–Crippen LogP) is 3.65. The van der Waals surface area contributed by atoms with E-state index < -0.39 is 0 Å². The zero-order valence-corrected chi connectivity index (χ0v) is 9.86. The third-order valence-corrected chi connectivity index (χ3v) is 2.19. The Morgan fingerprint density at radius 2 is 1.62 bits per heavy atom. The molecular formula is C14H16O2. The van der Waals surface area contributed by atoms with E-state index in [1.165, 1.54) is 7.11 Å². The lowest BCUT2D eigenvalue weighted by Gasteiger charge is -2.03. The van der Waals surface area contributed by atoms with Crippen molar-refractivity contribution in [2.75, 3.05) is 7.11 Å². The second-order valence-corrected chi connectivity index (χ2v) is 3.02. The van der Waals surface area contributed by atoms with Gasteiger partial charge in [0.1, 0.15) is 0 Å². The number of methoxy groups -OCH3 is 1. The molecule has 0 radical (unpaired) electrons. The molecule has 0 aliphatic carbocycles. The molecule has 16 heavy (non-hydrogen) atoms. The highest BCUT2D eigenvalue weighted by molar-refractivity contribution is 6.04. The molecule has 0 aromatic heterocycles. The van der Waals surface area contributed by atoms with Crippen molar-refractivity contribution in [1.29, 1.82) is 0 Å². The molecule has 2 aromatic rings. The van der Waals surface area contributed by atoms with Gasteiger partial charge in [0.15, 0.2) is 0 Å². The van der Waals surface area contributed by atoms with Crippen LogP contribution in [0.2, 0.25) is 0 Å². The van der Waals surface area contributed by atoms with E-state index in [-0.39, 0.29) is 5.97 Å². The van der Waals surface area contributed by atoms with E-state index in [0.717, 1.165) is 10.8 Å². The van der Waals surface area contributed by atoms with Gasteiger partial charge in [0.2, 0.25) is 0 Å². The molecule has 2 rings (SSSR count). The molecule has 0 saturated carbocycles. The number of rotatable bonds is 1. The molecular weight excluding hydrogens is 200 g/mol. The van der Waals surface area contributed by atoms with Gasteiger partial charge < -0.3 is 4.74 Å². The molecule has 0 atom stereocenters. The van der Waals surface area contributed by atoms with Crippen LogP contribution in [-0.2, 0) is 4.74 Å². The van der Waals surface area contributed by atoms with E-state index in [1.54, 1.807) is 6.07 Å². The summed E-state index contributed by atoms with van der Waals surface area (Å²) >= 11 is 0. The third-order valence-electron chi connectivity index (χ3n) is 2.19. The highest BCUT2D eigenvalue weighted by Crippen LogP contribution is 2.18. The molecule has 0 heterocycles. The van der Waals surface area contributed by atoms with E-state index in [2.05, 4.69) is 0 Å². The van der Waals surface area contributed by atoms with Gasteiger partial charge in [-0.3, -0.25) is 0 Å². The Hall–Kier alpha value is -1.83. The number of benzene rings is 2. The number of esters is 1. The zero-order chi connectivity index (χ0) is 12.0. The molecule has 0 aliphatic heterocycles. The Morgan fingerprint density at radius 3 is 2.31 bits per heavy atom. The number of ether oxygens (including phenoxy) is 1. The van der Waals surface area contributed by atoms with Crippen LogP contribution in [-0.4, -0.2) is 13.1 Å². The van der Waals surface area contributed by atoms with Crippen LogP contribution in [0.4, 0.5) is 0 Å². The topological polar surface area (TPSA) is 26.3 Å². The minimum atomic E-state index is -0.290. The molecule has 0 spiro atoms. The average molecular weight is 216 g/mol. The maximum atomic E-state index is 11.4. The van der Waals surface area contributed by atoms with Crippen molar-refractivity contribution in [1.82, 2.24) is 0 Å². The van der Waals surface area contributed by atoms with Gasteiger partial charge in [0, 0.05) is 0 Å². The first kappa shape index (κ1) is 12.2. The fraction of sp³-hybridized carbons (Fsp3) is 0.214. The van der Waals surface area contributed by atoms with Gasteiger partial charge in [-0.2, -0.15) is 0 Å². The fourth-order valence-electron chi connectivity index (χ4n) is 1.51. The zero-order valence-electron chi connectivity index (χ0n) is 9.86. The first-order valence-electron chi connectivity index (χ1n) is 5.39. The maximum Gasteiger partial charge on any atom is 0.338 e. The molecule has 0 amide bonds. The highest BCUT2D eigenvalue weighted by atomic mass is 16.5. The molecule has 2 nitrogen and oxygen atoms in total. The lowest BCUT2D eigenvalue weighted by Crippen LogP contribution is -2.01. The Bertz CT molecular complexity index is 470. The van der Waals surface area contributed by atoms with E-state index in [9.17, 15) is 4.79 Å². The summed E-state index contributed by atoms with van der Waals surface area (Å²) in [4.78, 5) is 11.4. The minimum absolute atomic E-state index is 0.290. The van der Waals surface area contributed by atoms with Crippen LogP contribution in [0.1, 0.15) is 24.2 Å². The molecule has 2 heteroatoms. The van der Waals surface area contributed by atoms with E-state index >= 15 is 0 Å². The van der Waals surface area contributed by atoms with Crippen molar-refractivity contribution in [2.24, 2.45) is 0 Å². The standard InChI is InChI=1S/C12H10O2.C2H6/c1-14-12(13)11-8-4-6-9-5-2-3-7-10(9)11;1-2/h2-8H,1H3;1-2H3. The van der Waals surface area contributed by atoms with Crippen LogP contribution >= 0.6 is 0 Å². The summed E-state index contributed by atoms with van der Waals surface area (Å²) in [5, 5.41) is 1.98. The van der Waals surface area contributed by atoms with E-state index in [4.69, 9.17) is 4.74 Å². The normalized spacial score (nSPS) is 9.19. The summed E-state index contributed by atoms with van der Waals surface area (Å²) in [6.45, 7) is 4.00. The summed E-state index contributed by atoms with van der Waals surface area (Å²) in [5.41, 5.74) is 0.616. The van der Waals surface area contributed by atoms with Gasteiger partial charge in [-0.15, -0.1) is 0 Å². The largest absolute Gasteiger partial charge is 0.465 e. The number of hydrogen-bond donors (Lipinski definition) is 0. The molecule has 0 unspecified atom stereocenters. The molecule has 0 aliphatic rings. The van der Waals surface area contributed by atoms with Crippen LogP contribution in [0.3, 0.4) is 0 Å². The van der Waals surface area contributed by atoms with Gasteiger partial charge in [0.05, 0.1) is 12.7 Å². The van der Waals surface area contributed by atoms with Crippen molar-refractivity contribution < 1.29 is 9.53 Å². The monoisotopic (exact) mass is 216 g/mol. The Balaban J connectivity index is 0.000000606. The Labute approximate surface area is 95.9 Å². The number of carbonyl (C=O) groups excluding carboxylic acids is 1. The van der Waals surface area contributed by atoms with Gasteiger partial charge in [-0.25, -0.2) is 4.79 Å². The van der Waals surface area contributed by atoms with Crippen LogP contribution in [0.5, 0.6) is 0 Å². The van der Waals surface area contributed by atoms with Gasteiger partial charge in [-0.05, 0) is 16.8 Å². The number of fused-ring (bicyclic) bond motifs is 1. The molecule has 2 aromatic carbocycles. The number of carbonyl (C=O) groups is 1. The van der Waals surface area contributed by atoms with Crippen LogP contribution in [0, 0.1) is 0 Å². The van der Waals surface area contributed by atoms with Crippen LogP contribution in [0.25, 0.3) is 10.8 Å². The number of hydrogen-bond acceptors (Lipinski definition) is 2. The quantitative estimate of drug-likeness (QED) is 0.680. The van der Waals surface area contributed by atoms with Crippen molar-refractivity contribution in [3.05, 3.63) is 48.0 Å². The van der Waals surface area contributed by atoms with Crippen molar-refractivity contribution >= 4 is 16.7 Å². The van der Waals surface area contributed by atoms with Crippen LogP contribution in [0.15, 0.2) is 42.5 Å². The van der Waals surface area contributed by atoms with Crippen LogP contribution < -0.4 is 0 Å². The van der Waals surface area contributed by atoms with Crippen molar-refractivity contribution in [3.63, 3.8) is 0 Å². The fourth-order valence-corrected chi connectivity index (χ4v) is 1.51. The Kier molecular flexibility index (Phi) is 4.52. The summed E-state index contributed by atoms with van der Waals surface area (Å²) in [7, 11) is 1.39. The summed E-state index contributed by atoms with van der Waals surface area (Å²) in [5.74, 6) is -0.290. The third kappa shape index (κ3) is 2.40. The van der Waals surface area contributed by atoms with Crippen molar-refractivity contribution in [2.45, 2.75) is 13.8 Å². The first-order valence-corrected chi connectivity index (χ1v) is 5.39. The Morgan fingerprint density at radius 1 is 1.00 bits per heavy atom. The van der Waals surface area contributed by atoms with E-state index in [1.807, 2.05) is 50.2 Å². The highest BCUT2D eigenvalue weighted by Gasteiger charge is 2.08. The molecule has 0 N–H and O–H groups in total. The molecule has 0 bridgehead atoms.